The zero-order valence-electron chi connectivity index (χ0n) is 9.81. The summed E-state index contributed by atoms with van der Waals surface area (Å²) >= 11 is 9.44. The zero-order valence-corrected chi connectivity index (χ0v) is 15.1. The van der Waals surface area contributed by atoms with E-state index in [0.29, 0.717) is 0 Å². The molecule has 0 aromatic heterocycles. The Kier molecular flexibility index (Phi) is 5.09. The predicted molar refractivity (Wildman–Crippen MR) is 93.1 cm³/mol. The summed E-state index contributed by atoms with van der Waals surface area (Å²) in [6.45, 7) is 2.91. The van der Waals surface area contributed by atoms with E-state index < -0.39 is 0 Å². The fourth-order valence-corrected chi connectivity index (χ4v) is 2.95. The fourth-order valence-electron chi connectivity index (χ4n) is 1.60. The normalized spacial score (nSPS) is 10.4. The Morgan fingerprint density at radius 2 is 1.83 bits per heavy atom. The van der Waals surface area contributed by atoms with E-state index in [-0.39, 0.29) is 0 Å². The smallest absolute Gasteiger partial charge is 0.0411 e. The van der Waals surface area contributed by atoms with Crippen LogP contribution in [0.5, 0.6) is 0 Å². The highest BCUT2D eigenvalue weighted by Crippen LogP contribution is 2.24. The van der Waals surface area contributed by atoms with Gasteiger partial charge in [0.15, 0.2) is 0 Å². The van der Waals surface area contributed by atoms with E-state index in [1.165, 1.54) is 14.7 Å². The molecule has 0 bridgehead atoms. The van der Waals surface area contributed by atoms with Gasteiger partial charge in [0.2, 0.25) is 0 Å². The lowest BCUT2D eigenvalue weighted by Gasteiger charge is -2.10. The molecule has 2 aromatic carbocycles. The molecule has 4 heteroatoms. The summed E-state index contributed by atoms with van der Waals surface area (Å²) in [6.07, 6.45) is 0. The van der Waals surface area contributed by atoms with Crippen molar-refractivity contribution in [1.29, 1.82) is 0 Å². The average Bonchev–Trinajstić information content (AvgIpc) is 2.32. The highest BCUT2D eigenvalue weighted by atomic mass is 127. The Morgan fingerprint density at radius 3 is 2.50 bits per heavy atom. The molecule has 2 aromatic rings. The van der Waals surface area contributed by atoms with Gasteiger partial charge < -0.3 is 5.32 Å². The molecule has 0 aliphatic heterocycles. The minimum atomic E-state index is 0.813. The van der Waals surface area contributed by atoms with Gasteiger partial charge in [0, 0.05) is 24.7 Å². The third-order valence-corrected chi connectivity index (χ3v) is 5.69. The van der Waals surface area contributed by atoms with Gasteiger partial charge >= 0.3 is 0 Å². The van der Waals surface area contributed by atoms with Crippen LogP contribution in [-0.2, 0) is 6.54 Å². The van der Waals surface area contributed by atoms with Crippen LogP contribution in [0.25, 0.3) is 0 Å². The van der Waals surface area contributed by atoms with Crippen molar-refractivity contribution in [2.45, 2.75) is 13.5 Å². The minimum Gasteiger partial charge on any atom is -0.381 e. The van der Waals surface area contributed by atoms with Crippen LogP contribution < -0.4 is 5.32 Å². The lowest BCUT2D eigenvalue weighted by Crippen LogP contribution is -2.00. The highest BCUT2D eigenvalue weighted by molar-refractivity contribution is 14.1. The Bertz CT molecular complexity index is 570. The van der Waals surface area contributed by atoms with Gasteiger partial charge in [-0.3, -0.25) is 0 Å². The maximum Gasteiger partial charge on any atom is 0.0411 e. The van der Waals surface area contributed by atoms with E-state index in [0.717, 1.165) is 21.2 Å². The molecule has 0 unspecified atom stereocenters. The molecule has 0 saturated carbocycles. The number of rotatable bonds is 3. The molecule has 0 atom stereocenters. The van der Waals surface area contributed by atoms with Crippen molar-refractivity contribution < 1.29 is 0 Å². The van der Waals surface area contributed by atoms with Gasteiger partial charge in [-0.1, -0.05) is 28.1 Å². The molecular weight excluding hydrogens is 469 g/mol. The Hall–Kier alpha value is -0.0700. The Morgan fingerprint density at radius 1 is 1.06 bits per heavy atom. The van der Waals surface area contributed by atoms with Gasteiger partial charge in [0.1, 0.15) is 0 Å². The summed E-state index contributed by atoms with van der Waals surface area (Å²) in [6, 6.07) is 12.7. The third kappa shape index (κ3) is 3.71. The summed E-state index contributed by atoms with van der Waals surface area (Å²) in [7, 11) is 0. The second kappa shape index (κ2) is 6.39. The number of halogens is 3. The number of hydrogen-bond donors (Lipinski definition) is 1. The van der Waals surface area contributed by atoms with Crippen molar-refractivity contribution in [3.05, 3.63) is 60.0 Å². The van der Waals surface area contributed by atoms with Crippen LogP contribution in [0.4, 0.5) is 5.69 Å². The molecule has 18 heavy (non-hydrogen) atoms. The van der Waals surface area contributed by atoms with Crippen molar-refractivity contribution in [2.24, 2.45) is 0 Å². The monoisotopic (exact) mass is 479 g/mol. The fraction of sp³-hybridized carbons (Fsp3) is 0.143. The average molecular weight is 481 g/mol. The van der Waals surface area contributed by atoms with E-state index >= 15 is 0 Å². The second-order valence-corrected chi connectivity index (χ2v) is 6.95. The molecule has 0 amide bonds. The number of hydrogen-bond acceptors (Lipinski definition) is 1. The van der Waals surface area contributed by atoms with Crippen LogP contribution in [0.15, 0.2) is 45.3 Å². The van der Waals surface area contributed by atoms with Crippen molar-refractivity contribution in [1.82, 2.24) is 0 Å². The molecule has 0 fully saturated rings. The number of benzene rings is 2. The summed E-state index contributed by atoms with van der Waals surface area (Å²) in [4.78, 5) is 0. The van der Waals surface area contributed by atoms with Gasteiger partial charge in [-0.05, 0) is 80.8 Å². The van der Waals surface area contributed by atoms with Gasteiger partial charge in [-0.2, -0.15) is 0 Å². The molecule has 94 valence electrons. The van der Waals surface area contributed by atoms with Gasteiger partial charge in [0.05, 0.1) is 0 Å². The first kappa shape index (κ1) is 14.3. The van der Waals surface area contributed by atoms with E-state index in [2.05, 4.69) is 103 Å². The van der Waals surface area contributed by atoms with Crippen LogP contribution in [0.1, 0.15) is 11.1 Å². The first-order valence-electron chi connectivity index (χ1n) is 5.50. The minimum absolute atomic E-state index is 0.813. The third-order valence-electron chi connectivity index (χ3n) is 2.61. The van der Waals surface area contributed by atoms with Gasteiger partial charge in [-0.15, -0.1) is 0 Å². The van der Waals surface area contributed by atoms with E-state index in [1.54, 1.807) is 0 Å². The van der Waals surface area contributed by atoms with E-state index in [4.69, 9.17) is 0 Å². The highest BCUT2D eigenvalue weighted by Gasteiger charge is 2.02. The molecule has 0 radical (unpaired) electrons. The molecule has 0 aliphatic carbocycles. The Labute approximate surface area is 138 Å². The molecule has 1 nitrogen and oxygen atoms in total. The molecule has 0 aliphatic rings. The lowest BCUT2D eigenvalue weighted by molar-refractivity contribution is 1.13. The van der Waals surface area contributed by atoms with Crippen LogP contribution in [0.3, 0.4) is 0 Å². The van der Waals surface area contributed by atoms with Crippen LogP contribution in [0, 0.1) is 10.5 Å². The predicted octanol–water partition coefficient (Wildman–Crippen LogP) is 5.74. The topological polar surface area (TPSA) is 12.0 Å². The maximum absolute atomic E-state index is 3.60. The summed E-state index contributed by atoms with van der Waals surface area (Å²) in [5.41, 5.74) is 3.65. The van der Waals surface area contributed by atoms with Crippen LogP contribution in [-0.4, -0.2) is 0 Å². The van der Waals surface area contributed by atoms with Crippen LogP contribution >= 0.6 is 54.5 Å². The summed E-state index contributed by atoms with van der Waals surface area (Å²) in [5, 5.41) is 3.43. The number of anilines is 1. The standard InChI is InChI=1S/C14H12Br2IN/c1-9-2-3-10(12(15)6-9)8-18-11-4-5-14(17)13(16)7-11/h2-7,18H,8H2,1H3. The quantitative estimate of drug-likeness (QED) is 0.553. The van der Waals surface area contributed by atoms with Crippen molar-refractivity contribution in [3.63, 3.8) is 0 Å². The van der Waals surface area contributed by atoms with Crippen molar-refractivity contribution in [3.8, 4) is 0 Å². The molecular formula is C14H12Br2IN. The molecule has 0 spiro atoms. The largest absolute Gasteiger partial charge is 0.381 e. The van der Waals surface area contributed by atoms with Gasteiger partial charge in [-0.25, -0.2) is 0 Å². The van der Waals surface area contributed by atoms with Crippen LogP contribution in [0.2, 0.25) is 0 Å². The molecule has 0 heterocycles. The Balaban J connectivity index is 2.09. The first-order valence-corrected chi connectivity index (χ1v) is 8.16. The van der Waals surface area contributed by atoms with Crippen molar-refractivity contribution >= 4 is 60.1 Å². The SMILES string of the molecule is Cc1ccc(CNc2ccc(I)c(Br)c2)c(Br)c1. The van der Waals surface area contributed by atoms with Crippen molar-refractivity contribution in [2.75, 3.05) is 5.32 Å². The zero-order chi connectivity index (χ0) is 13.1. The molecule has 0 saturated heterocycles. The first-order chi connectivity index (χ1) is 8.56. The maximum atomic E-state index is 3.60. The molecule has 1 N–H and O–H groups in total. The lowest BCUT2D eigenvalue weighted by atomic mass is 10.1. The summed E-state index contributed by atoms with van der Waals surface area (Å²) in [5.74, 6) is 0. The number of nitrogens with one attached hydrogen (secondary N) is 1. The van der Waals surface area contributed by atoms with E-state index in [1.807, 2.05) is 0 Å². The van der Waals surface area contributed by atoms with E-state index in [9.17, 15) is 0 Å². The van der Waals surface area contributed by atoms with Gasteiger partial charge in [0.25, 0.3) is 0 Å². The molecule has 2 rings (SSSR count). The second-order valence-electron chi connectivity index (χ2n) is 4.08. The number of aryl methyl sites for hydroxylation is 1. The summed E-state index contributed by atoms with van der Waals surface area (Å²) < 4.78 is 3.49.